The van der Waals surface area contributed by atoms with Crippen LogP contribution in [0.3, 0.4) is 0 Å². The fraction of sp³-hybridized carbons (Fsp3) is 1.00. The average molecular weight is 297 g/mol. The first kappa shape index (κ1) is 15.1. The molecule has 0 aromatic rings. The molecule has 4 heteroatoms. The lowest BCUT2D eigenvalue weighted by Crippen LogP contribution is -2.45. The fourth-order valence-electron chi connectivity index (χ4n) is 3.10. The molecule has 0 atom stereocenters. The molecule has 0 N–H and O–H groups in total. The molecule has 1 saturated heterocycles. The van der Waals surface area contributed by atoms with Gasteiger partial charge in [-0.3, -0.25) is 0 Å². The molecule has 1 aliphatic heterocycles. The highest BCUT2D eigenvalue weighted by molar-refractivity contribution is 7.48. The van der Waals surface area contributed by atoms with E-state index in [0.29, 0.717) is 0 Å². The lowest BCUT2D eigenvalue weighted by molar-refractivity contribution is 0.805. The molecule has 0 nitrogen and oxygen atoms in total. The van der Waals surface area contributed by atoms with Crippen LogP contribution < -0.4 is 0 Å². The second-order valence-corrected chi connectivity index (χ2v) is 18.6. The van der Waals surface area contributed by atoms with Crippen molar-refractivity contribution in [2.75, 3.05) is 0 Å². The molecule has 1 fully saturated rings. The summed E-state index contributed by atoms with van der Waals surface area (Å²) < 4.78 is 0. The monoisotopic (exact) mass is 296 g/mol. The molecule has 96 valence electrons. The van der Waals surface area contributed by atoms with Crippen LogP contribution in [0.25, 0.3) is 0 Å². The number of halogens is 2. The third kappa shape index (κ3) is 4.71. The third-order valence-electron chi connectivity index (χ3n) is 4.00. The molecular weight excluding hydrogens is 271 g/mol. The molecule has 1 aliphatic rings. The second kappa shape index (κ2) is 6.82. The van der Waals surface area contributed by atoms with Gasteiger partial charge in [-0.2, -0.15) is 0 Å². The third-order valence-corrected chi connectivity index (χ3v) is 17.9. The van der Waals surface area contributed by atoms with Gasteiger partial charge in [-0.25, -0.2) is 0 Å². The number of hydrogen-bond donors (Lipinski definition) is 0. The summed E-state index contributed by atoms with van der Waals surface area (Å²) in [7, 11) is -1.06. The van der Waals surface area contributed by atoms with E-state index >= 15 is 0 Å². The quantitative estimate of drug-likeness (QED) is 0.423. The first-order valence-electron chi connectivity index (χ1n) is 6.91. The van der Waals surface area contributed by atoms with E-state index in [2.05, 4.69) is 13.8 Å². The fourth-order valence-corrected chi connectivity index (χ4v) is 21.2. The van der Waals surface area contributed by atoms with Crippen LogP contribution >= 0.6 is 22.2 Å². The van der Waals surface area contributed by atoms with Gasteiger partial charge in [-0.1, -0.05) is 64.1 Å². The average Bonchev–Trinajstić information content (AvgIpc) is 2.22. The second-order valence-electron chi connectivity index (χ2n) is 5.59. The van der Waals surface area contributed by atoms with Crippen LogP contribution in [0.4, 0.5) is 0 Å². The minimum absolute atomic E-state index is 1.06. The molecule has 0 aliphatic carbocycles. The van der Waals surface area contributed by atoms with Crippen molar-refractivity contribution in [1.29, 1.82) is 0 Å². The van der Waals surface area contributed by atoms with Crippen LogP contribution in [0.15, 0.2) is 0 Å². The van der Waals surface area contributed by atoms with Gasteiger partial charge >= 0.3 is 0 Å². The maximum absolute atomic E-state index is 6.55. The van der Waals surface area contributed by atoms with E-state index in [0.717, 1.165) is 6.04 Å². The first-order valence-corrected chi connectivity index (χ1v) is 14.2. The maximum atomic E-state index is 6.55. The maximum Gasteiger partial charge on any atom is 0.248 e. The van der Waals surface area contributed by atoms with Gasteiger partial charge in [-0.05, 0) is 11.7 Å². The van der Waals surface area contributed by atoms with Crippen molar-refractivity contribution in [3.05, 3.63) is 0 Å². The molecule has 16 heavy (non-hydrogen) atoms. The van der Waals surface area contributed by atoms with Crippen LogP contribution in [-0.4, -0.2) is 14.8 Å². The Morgan fingerprint density at radius 1 is 0.938 bits per heavy atom. The van der Waals surface area contributed by atoms with Gasteiger partial charge in [0.25, 0.3) is 0 Å². The summed E-state index contributed by atoms with van der Waals surface area (Å²) >= 11 is 13.1. The van der Waals surface area contributed by atoms with Crippen LogP contribution in [0.2, 0.25) is 29.8 Å². The number of unbranched alkanes of at least 4 members (excludes halogenated alkanes) is 2. The minimum atomic E-state index is -1.82. The summed E-state index contributed by atoms with van der Waals surface area (Å²) in [5.41, 5.74) is 1.29. The van der Waals surface area contributed by atoms with Crippen molar-refractivity contribution in [3.8, 4) is 0 Å². The predicted molar refractivity (Wildman–Crippen MR) is 81.7 cm³/mol. The van der Waals surface area contributed by atoms with Gasteiger partial charge in [0.1, 0.15) is 0 Å². The highest BCUT2D eigenvalue weighted by Crippen LogP contribution is 2.45. The van der Waals surface area contributed by atoms with Crippen LogP contribution in [0.5, 0.6) is 0 Å². The molecule has 0 unspecified atom stereocenters. The lowest BCUT2D eigenvalue weighted by atomic mass is 10.4. The highest BCUT2D eigenvalue weighted by atomic mass is 35.7. The van der Waals surface area contributed by atoms with Gasteiger partial charge in [0, 0.05) is 0 Å². The molecule has 0 aromatic heterocycles. The zero-order valence-electron chi connectivity index (χ0n) is 10.8. The molecule has 0 amide bonds. The molecule has 1 heterocycles. The van der Waals surface area contributed by atoms with E-state index in [-0.39, 0.29) is 0 Å². The summed E-state index contributed by atoms with van der Waals surface area (Å²) in [6.45, 7) is 2.79. The zero-order valence-corrected chi connectivity index (χ0v) is 14.3. The molecule has 0 aromatic carbocycles. The molecule has 0 spiro atoms. The SMILES string of the molecule is CCCC[Si]1(CCCC)CCC[Si](Cl)(Cl)C1. The van der Waals surface area contributed by atoms with E-state index in [1.165, 1.54) is 55.9 Å². The van der Waals surface area contributed by atoms with Gasteiger partial charge < -0.3 is 0 Å². The molecular formula is C12H26Cl2Si2. The number of hydrogen-bond acceptors (Lipinski definition) is 0. The Labute approximate surface area is 113 Å². The van der Waals surface area contributed by atoms with Gasteiger partial charge in [0.15, 0.2) is 0 Å². The molecule has 0 radical (unpaired) electrons. The topological polar surface area (TPSA) is 0 Å². The van der Waals surface area contributed by atoms with Crippen molar-refractivity contribution >= 4 is 36.9 Å². The summed E-state index contributed by atoms with van der Waals surface area (Å²) in [6, 6.07) is 5.67. The van der Waals surface area contributed by atoms with Crippen molar-refractivity contribution < 1.29 is 0 Å². The van der Waals surface area contributed by atoms with Crippen molar-refractivity contribution in [2.24, 2.45) is 0 Å². The standard InChI is InChI=1S/C12H26Cl2Si2/c1-3-5-8-15(9-6-4-2)10-7-11-16(13,14)12-15/h3-12H2,1-2H3. The Kier molecular flexibility index (Phi) is 6.42. The van der Waals surface area contributed by atoms with Crippen molar-refractivity contribution in [2.45, 2.75) is 75.8 Å². The van der Waals surface area contributed by atoms with E-state index in [1.807, 2.05) is 0 Å². The van der Waals surface area contributed by atoms with Crippen molar-refractivity contribution in [3.63, 3.8) is 0 Å². The molecule has 0 bridgehead atoms. The summed E-state index contributed by atoms with van der Waals surface area (Å²) in [5.74, 6) is 0. The summed E-state index contributed by atoms with van der Waals surface area (Å²) in [5, 5.41) is 0. The van der Waals surface area contributed by atoms with Crippen LogP contribution in [0.1, 0.15) is 46.0 Å². The Bertz CT molecular complexity index is 199. The first-order chi connectivity index (χ1) is 7.54. The van der Waals surface area contributed by atoms with E-state index in [4.69, 9.17) is 22.2 Å². The highest BCUT2D eigenvalue weighted by Gasteiger charge is 2.45. The van der Waals surface area contributed by atoms with E-state index < -0.39 is 14.8 Å². The van der Waals surface area contributed by atoms with Gasteiger partial charge in [-0.15, -0.1) is 22.2 Å². The largest absolute Gasteiger partial charge is 0.248 e. The lowest BCUT2D eigenvalue weighted by Gasteiger charge is -2.40. The normalized spacial score (nSPS) is 23.2. The Balaban J connectivity index is 2.61. The zero-order chi connectivity index (χ0) is 12.1. The van der Waals surface area contributed by atoms with Crippen LogP contribution in [-0.2, 0) is 0 Å². The van der Waals surface area contributed by atoms with E-state index in [9.17, 15) is 0 Å². The van der Waals surface area contributed by atoms with Gasteiger partial charge in [0.05, 0.1) is 8.07 Å². The smallest absolute Gasteiger partial charge is 0.146 e. The minimum Gasteiger partial charge on any atom is -0.146 e. The number of rotatable bonds is 6. The van der Waals surface area contributed by atoms with E-state index in [1.54, 1.807) is 0 Å². The molecule has 1 rings (SSSR count). The summed E-state index contributed by atoms with van der Waals surface area (Å²) in [4.78, 5) is 0. The summed E-state index contributed by atoms with van der Waals surface area (Å²) in [6.07, 6.45) is 6.82. The Hall–Kier alpha value is 1.01. The Morgan fingerprint density at radius 2 is 1.50 bits per heavy atom. The van der Waals surface area contributed by atoms with Crippen LogP contribution in [0, 0.1) is 0 Å². The predicted octanol–water partition coefficient (Wildman–Crippen LogP) is 5.90. The Morgan fingerprint density at radius 3 is 1.94 bits per heavy atom. The van der Waals surface area contributed by atoms with Gasteiger partial charge in [0.2, 0.25) is 6.69 Å². The van der Waals surface area contributed by atoms with Crippen molar-refractivity contribution in [1.82, 2.24) is 0 Å². The molecule has 0 saturated carbocycles.